The highest BCUT2D eigenvalue weighted by Crippen LogP contribution is 2.19. The summed E-state index contributed by atoms with van der Waals surface area (Å²) in [5.74, 6) is 0.109. The number of rotatable bonds is 6. The minimum Gasteiger partial charge on any atom is -0.356 e. The van der Waals surface area contributed by atoms with Crippen LogP contribution in [-0.2, 0) is 16.1 Å². The number of para-hydroxylation sites is 2. The first-order chi connectivity index (χ1) is 12.1. The maximum absolute atomic E-state index is 12.2. The average Bonchev–Trinajstić information content (AvgIpc) is 3.02. The third-order valence-corrected chi connectivity index (χ3v) is 4.88. The molecule has 0 unspecified atom stereocenters. The highest BCUT2D eigenvalue weighted by molar-refractivity contribution is 5.79. The smallest absolute Gasteiger partial charge is 0.222 e. The number of piperidine rings is 1. The molecule has 1 fully saturated rings. The number of hydrogen-bond acceptors (Lipinski definition) is 3. The zero-order chi connectivity index (χ0) is 17.6. The lowest BCUT2D eigenvalue weighted by Crippen LogP contribution is -2.45. The molecule has 2 amide bonds. The van der Waals surface area contributed by atoms with Gasteiger partial charge in [-0.05, 0) is 37.8 Å². The van der Waals surface area contributed by atoms with Crippen molar-refractivity contribution in [3.63, 3.8) is 0 Å². The van der Waals surface area contributed by atoms with Gasteiger partial charge in [0, 0.05) is 39.0 Å². The lowest BCUT2D eigenvalue weighted by Gasteiger charge is -2.34. The standard InChI is InChI=1S/C19H26N4O2/c1-15(24)23-12-5-4-7-16(23)13-19(25)20-10-6-11-22-14-21-17-8-2-3-9-18(17)22/h2-3,8-9,14,16H,4-7,10-13H2,1H3,(H,20,25)/t16-/m1/s1. The fourth-order valence-corrected chi connectivity index (χ4v) is 3.58. The fraction of sp³-hybridized carbons (Fsp3) is 0.526. The summed E-state index contributed by atoms with van der Waals surface area (Å²) >= 11 is 0. The van der Waals surface area contributed by atoms with Crippen molar-refractivity contribution in [3.05, 3.63) is 30.6 Å². The number of amides is 2. The van der Waals surface area contributed by atoms with Gasteiger partial charge in [0.1, 0.15) is 0 Å². The highest BCUT2D eigenvalue weighted by atomic mass is 16.2. The van der Waals surface area contributed by atoms with Crippen LogP contribution < -0.4 is 5.32 Å². The molecule has 1 N–H and O–H groups in total. The van der Waals surface area contributed by atoms with E-state index in [0.29, 0.717) is 13.0 Å². The molecule has 3 rings (SSSR count). The van der Waals surface area contributed by atoms with Crippen LogP contribution in [0.5, 0.6) is 0 Å². The predicted molar refractivity (Wildman–Crippen MR) is 97.0 cm³/mol. The van der Waals surface area contributed by atoms with Crippen LogP contribution in [0.4, 0.5) is 0 Å². The predicted octanol–water partition coefficient (Wildman–Crippen LogP) is 2.33. The third kappa shape index (κ3) is 4.38. The number of hydrogen-bond donors (Lipinski definition) is 1. The van der Waals surface area contributed by atoms with Gasteiger partial charge < -0.3 is 14.8 Å². The summed E-state index contributed by atoms with van der Waals surface area (Å²) < 4.78 is 2.11. The van der Waals surface area contributed by atoms with Crippen molar-refractivity contribution in [2.75, 3.05) is 13.1 Å². The van der Waals surface area contributed by atoms with E-state index in [1.807, 2.05) is 29.4 Å². The van der Waals surface area contributed by atoms with Gasteiger partial charge >= 0.3 is 0 Å². The van der Waals surface area contributed by atoms with Crippen LogP contribution in [-0.4, -0.2) is 45.4 Å². The molecular formula is C19H26N4O2. The number of likely N-dealkylation sites (tertiary alicyclic amines) is 1. The number of aromatic nitrogens is 2. The first-order valence-electron chi connectivity index (χ1n) is 9.09. The molecule has 0 aliphatic carbocycles. The van der Waals surface area contributed by atoms with Gasteiger partial charge in [0.05, 0.1) is 17.4 Å². The summed E-state index contributed by atoms with van der Waals surface area (Å²) in [5.41, 5.74) is 2.11. The SMILES string of the molecule is CC(=O)N1CCCC[C@@H]1CC(=O)NCCCn1cnc2ccccc21. The molecule has 1 aromatic heterocycles. The van der Waals surface area contributed by atoms with E-state index in [0.717, 1.165) is 49.8 Å². The van der Waals surface area contributed by atoms with Gasteiger partial charge in [0.15, 0.2) is 0 Å². The van der Waals surface area contributed by atoms with E-state index < -0.39 is 0 Å². The number of carbonyl (C=O) groups is 2. The van der Waals surface area contributed by atoms with E-state index in [1.165, 1.54) is 0 Å². The number of benzene rings is 1. The maximum Gasteiger partial charge on any atom is 0.222 e. The highest BCUT2D eigenvalue weighted by Gasteiger charge is 2.26. The number of imidazole rings is 1. The molecule has 1 aromatic carbocycles. The molecule has 25 heavy (non-hydrogen) atoms. The molecule has 1 atom stereocenters. The summed E-state index contributed by atoms with van der Waals surface area (Å²) in [4.78, 5) is 30.1. The second kappa shape index (κ2) is 8.14. The number of fused-ring (bicyclic) bond motifs is 1. The van der Waals surface area contributed by atoms with Gasteiger partial charge in [-0.1, -0.05) is 12.1 Å². The van der Waals surface area contributed by atoms with Crippen LogP contribution in [0, 0.1) is 0 Å². The Morgan fingerprint density at radius 2 is 2.12 bits per heavy atom. The van der Waals surface area contributed by atoms with Crippen molar-refractivity contribution >= 4 is 22.8 Å². The van der Waals surface area contributed by atoms with E-state index in [4.69, 9.17) is 0 Å². The summed E-state index contributed by atoms with van der Waals surface area (Å²) in [6.45, 7) is 3.83. The van der Waals surface area contributed by atoms with Crippen molar-refractivity contribution in [2.45, 2.75) is 51.6 Å². The van der Waals surface area contributed by atoms with E-state index in [9.17, 15) is 9.59 Å². The summed E-state index contributed by atoms with van der Waals surface area (Å²) in [6, 6.07) is 8.10. The molecule has 6 heteroatoms. The first-order valence-corrected chi connectivity index (χ1v) is 9.09. The van der Waals surface area contributed by atoms with Crippen LogP contribution in [0.2, 0.25) is 0 Å². The van der Waals surface area contributed by atoms with Crippen molar-refractivity contribution in [2.24, 2.45) is 0 Å². The number of carbonyl (C=O) groups excluding carboxylic acids is 2. The van der Waals surface area contributed by atoms with E-state index >= 15 is 0 Å². The van der Waals surface area contributed by atoms with Gasteiger partial charge in [-0.15, -0.1) is 0 Å². The minimum absolute atomic E-state index is 0.0358. The molecule has 0 radical (unpaired) electrons. The van der Waals surface area contributed by atoms with Gasteiger partial charge in [0.2, 0.25) is 11.8 Å². The average molecular weight is 342 g/mol. The van der Waals surface area contributed by atoms with Crippen LogP contribution in [0.1, 0.15) is 39.0 Å². The molecule has 1 aliphatic heterocycles. The molecule has 6 nitrogen and oxygen atoms in total. The monoisotopic (exact) mass is 342 g/mol. The Labute approximate surface area is 148 Å². The Morgan fingerprint density at radius 3 is 2.96 bits per heavy atom. The molecular weight excluding hydrogens is 316 g/mol. The Kier molecular flexibility index (Phi) is 5.68. The third-order valence-electron chi connectivity index (χ3n) is 4.88. The lowest BCUT2D eigenvalue weighted by atomic mass is 9.99. The van der Waals surface area contributed by atoms with E-state index in [-0.39, 0.29) is 17.9 Å². The topological polar surface area (TPSA) is 67.2 Å². The van der Waals surface area contributed by atoms with E-state index in [1.54, 1.807) is 6.92 Å². The normalized spacial score (nSPS) is 17.6. The zero-order valence-corrected chi connectivity index (χ0v) is 14.8. The number of nitrogens with one attached hydrogen (secondary N) is 1. The lowest BCUT2D eigenvalue weighted by molar-refractivity contribution is -0.134. The summed E-state index contributed by atoms with van der Waals surface area (Å²) in [6.07, 6.45) is 6.17. The van der Waals surface area contributed by atoms with Crippen molar-refractivity contribution < 1.29 is 9.59 Å². The largest absolute Gasteiger partial charge is 0.356 e. The van der Waals surface area contributed by atoms with Gasteiger partial charge in [-0.25, -0.2) is 4.98 Å². The van der Waals surface area contributed by atoms with Crippen LogP contribution in [0.25, 0.3) is 11.0 Å². The molecule has 0 spiro atoms. The Bertz CT molecular complexity index is 740. The van der Waals surface area contributed by atoms with Crippen LogP contribution in [0.3, 0.4) is 0 Å². The molecule has 1 aliphatic rings. The van der Waals surface area contributed by atoms with Crippen LogP contribution in [0.15, 0.2) is 30.6 Å². The van der Waals surface area contributed by atoms with Gasteiger partial charge in [-0.3, -0.25) is 9.59 Å². The summed E-state index contributed by atoms with van der Waals surface area (Å²) in [7, 11) is 0. The van der Waals surface area contributed by atoms with Crippen molar-refractivity contribution in [1.29, 1.82) is 0 Å². The maximum atomic E-state index is 12.2. The number of aryl methyl sites for hydroxylation is 1. The molecule has 0 bridgehead atoms. The zero-order valence-electron chi connectivity index (χ0n) is 14.8. The minimum atomic E-state index is 0.0358. The second-order valence-corrected chi connectivity index (χ2v) is 6.70. The Balaban J connectivity index is 1.42. The summed E-state index contributed by atoms with van der Waals surface area (Å²) in [5, 5.41) is 2.99. The van der Waals surface area contributed by atoms with Gasteiger partial charge in [0.25, 0.3) is 0 Å². The Morgan fingerprint density at radius 1 is 1.28 bits per heavy atom. The fourth-order valence-electron chi connectivity index (χ4n) is 3.58. The Hall–Kier alpha value is -2.37. The van der Waals surface area contributed by atoms with E-state index in [2.05, 4.69) is 20.9 Å². The first kappa shape index (κ1) is 17.5. The molecule has 1 saturated heterocycles. The second-order valence-electron chi connectivity index (χ2n) is 6.70. The quantitative estimate of drug-likeness (QED) is 0.819. The number of nitrogens with zero attached hydrogens (tertiary/aromatic N) is 3. The van der Waals surface area contributed by atoms with Crippen LogP contribution >= 0.6 is 0 Å². The molecule has 2 aromatic rings. The van der Waals surface area contributed by atoms with Crippen molar-refractivity contribution in [3.8, 4) is 0 Å². The molecule has 0 saturated carbocycles. The molecule has 134 valence electrons. The van der Waals surface area contributed by atoms with Crippen molar-refractivity contribution in [1.82, 2.24) is 19.8 Å². The van der Waals surface area contributed by atoms with Gasteiger partial charge in [-0.2, -0.15) is 0 Å². The molecule has 2 heterocycles.